The van der Waals surface area contributed by atoms with Crippen LogP contribution in [0.2, 0.25) is 0 Å². The number of Topliss-reactive ketones (excluding diaryl/α,β-unsaturated/α-hetero) is 1. The van der Waals surface area contributed by atoms with Crippen LogP contribution in [-0.2, 0) is 16.0 Å². The molecular formula is C29H25BrN2O5. The van der Waals surface area contributed by atoms with Crippen LogP contribution in [0.3, 0.4) is 0 Å². The van der Waals surface area contributed by atoms with E-state index in [2.05, 4.69) is 20.9 Å². The first kappa shape index (κ1) is 24.6. The van der Waals surface area contributed by atoms with Crippen LogP contribution in [-0.4, -0.2) is 47.4 Å². The number of hydrogen-bond acceptors (Lipinski definition) is 5. The number of hydrogen-bond donors (Lipinski definition) is 2. The zero-order valence-corrected chi connectivity index (χ0v) is 21.9. The minimum Gasteiger partial charge on any atom is -0.507 e. The second kappa shape index (κ2) is 10.1. The van der Waals surface area contributed by atoms with Crippen LogP contribution in [0.25, 0.3) is 16.7 Å². The molecule has 5 rings (SSSR count). The number of nitrogens with one attached hydrogen (secondary N) is 1. The number of aliphatic hydroxyl groups excluding tert-OH is 1. The minimum absolute atomic E-state index is 0.0402. The van der Waals surface area contributed by atoms with Crippen LogP contribution in [0.4, 0.5) is 0 Å². The highest BCUT2D eigenvalue weighted by atomic mass is 79.9. The number of para-hydroxylation sites is 1. The van der Waals surface area contributed by atoms with E-state index >= 15 is 0 Å². The molecule has 37 heavy (non-hydrogen) atoms. The number of aromatic amines is 1. The average molecular weight is 561 g/mol. The third-order valence-corrected chi connectivity index (χ3v) is 7.21. The van der Waals surface area contributed by atoms with Gasteiger partial charge >= 0.3 is 0 Å². The Hall–Kier alpha value is -4.04. The molecule has 8 heteroatoms. The highest BCUT2D eigenvalue weighted by Crippen LogP contribution is 2.42. The number of carbonyl (C=O) groups excluding carboxylic acids is 2. The monoisotopic (exact) mass is 560 g/mol. The van der Waals surface area contributed by atoms with E-state index in [-0.39, 0.29) is 17.9 Å². The number of aromatic nitrogens is 1. The molecule has 1 aliphatic rings. The Labute approximate surface area is 222 Å². The third kappa shape index (κ3) is 4.49. The Bertz CT molecular complexity index is 1520. The van der Waals surface area contributed by atoms with Crippen molar-refractivity contribution in [2.75, 3.05) is 20.8 Å². The molecule has 0 radical (unpaired) electrons. The number of likely N-dealkylation sites (tertiary alicyclic amines) is 1. The number of methoxy groups -OCH3 is 2. The van der Waals surface area contributed by atoms with Crippen molar-refractivity contribution in [3.63, 3.8) is 0 Å². The highest BCUT2D eigenvalue weighted by Gasteiger charge is 2.46. The average Bonchev–Trinajstić information content (AvgIpc) is 3.45. The summed E-state index contributed by atoms with van der Waals surface area (Å²) in [5.41, 5.74) is 3.17. The molecule has 1 amide bonds. The summed E-state index contributed by atoms with van der Waals surface area (Å²) in [4.78, 5) is 31.5. The van der Waals surface area contributed by atoms with Crippen LogP contribution < -0.4 is 9.47 Å². The molecule has 2 heterocycles. The lowest BCUT2D eigenvalue weighted by Gasteiger charge is -2.26. The quantitative estimate of drug-likeness (QED) is 0.174. The van der Waals surface area contributed by atoms with Gasteiger partial charge in [-0.2, -0.15) is 0 Å². The summed E-state index contributed by atoms with van der Waals surface area (Å²) >= 11 is 3.39. The maximum absolute atomic E-state index is 13.4. The van der Waals surface area contributed by atoms with Gasteiger partial charge in [-0.15, -0.1) is 0 Å². The summed E-state index contributed by atoms with van der Waals surface area (Å²) in [7, 11) is 3.07. The number of halogens is 1. The second-order valence-electron chi connectivity index (χ2n) is 8.72. The number of benzene rings is 3. The smallest absolute Gasteiger partial charge is 0.295 e. The molecule has 0 spiro atoms. The van der Waals surface area contributed by atoms with Gasteiger partial charge in [0.25, 0.3) is 11.7 Å². The second-order valence-corrected chi connectivity index (χ2v) is 9.64. The molecule has 1 fully saturated rings. The molecular weight excluding hydrogens is 536 g/mol. The van der Waals surface area contributed by atoms with E-state index in [1.165, 1.54) is 12.0 Å². The zero-order valence-electron chi connectivity index (χ0n) is 20.3. The number of amides is 1. The number of fused-ring (bicyclic) bond motifs is 1. The number of ketones is 1. The van der Waals surface area contributed by atoms with Gasteiger partial charge in [0.05, 0.1) is 25.8 Å². The number of H-pyrrole nitrogens is 1. The van der Waals surface area contributed by atoms with E-state index in [0.717, 1.165) is 20.9 Å². The standard InChI is InChI=1S/C29H25BrN2O5/c1-36-23-12-9-18(15-24(23)37-2)26-25(27(33)17-7-10-20(30)11-8-17)28(34)29(35)32(26)14-13-19-16-31-22-6-4-3-5-21(19)22/h3-12,15-16,26,31,33H,13-14H2,1-2H3. The lowest BCUT2D eigenvalue weighted by molar-refractivity contribution is -0.139. The van der Waals surface area contributed by atoms with Crippen molar-refractivity contribution in [2.45, 2.75) is 12.5 Å². The van der Waals surface area contributed by atoms with Crippen molar-refractivity contribution < 1.29 is 24.2 Å². The van der Waals surface area contributed by atoms with Gasteiger partial charge in [-0.25, -0.2) is 0 Å². The zero-order chi connectivity index (χ0) is 26.1. The van der Waals surface area contributed by atoms with Crippen molar-refractivity contribution >= 4 is 44.3 Å². The van der Waals surface area contributed by atoms with E-state index in [1.54, 1.807) is 49.6 Å². The van der Waals surface area contributed by atoms with Gasteiger partial charge in [-0.3, -0.25) is 9.59 Å². The largest absolute Gasteiger partial charge is 0.507 e. The maximum Gasteiger partial charge on any atom is 0.295 e. The van der Waals surface area contributed by atoms with Crippen LogP contribution in [0.1, 0.15) is 22.7 Å². The van der Waals surface area contributed by atoms with Crippen LogP contribution in [0.15, 0.2) is 83.0 Å². The first-order valence-electron chi connectivity index (χ1n) is 11.7. The molecule has 2 N–H and O–H groups in total. The van der Waals surface area contributed by atoms with Crippen molar-refractivity contribution in [2.24, 2.45) is 0 Å². The lowest BCUT2D eigenvalue weighted by Crippen LogP contribution is -2.31. The molecule has 1 unspecified atom stereocenters. The van der Waals surface area contributed by atoms with Crippen LogP contribution in [0, 0.1) is 0 Å². The van der Waals surface area contributed by atoms with Crippen molar-refractivity contribution in [3.05, 3.63) is 99.7 Å². The molecule has 1 aliphatic heterocycles. The molecule has 3 aromatic carbocycles. The van der Waals surface area contributed by atoms with Crippen molar-refractivity contribution in [1.82, 2.24) is 9.88 Å². The molecule has 188 valence electrons. The number of ether oxygens (including phenoxy) is 2. The Morgan fingerprint density at radius 1 is 1.00 bits per heavy atom. The summed E-state index contributed by atoms with van der Waals surface area (Å²) in [6.07, 6.45) is 2.45. The molecule has 1 aromatic heterocycles. The van der Waals surface area contributed by atoms with Gasteiger partial charge in [0, 0.05) is 33.7 Å². The Morgan fingerprint density at radius 3 is 2.46 bits per heavy atom. The van der Waals surface area contributed by atoms with E-state index in [1.807, 2.05) is 30.5 Å². The van der Waals surface area contributed by atoms with Crippen LogP contribution >= 0.6 is 15.9 Å². The maximum atomic E-state index is 13.4. The van der Waals surface area contributed by atoms with Gasteiger partial charge in [0.2, 0.25) is 0 Å². The molecule has 0 bridgehead atoms. The summed E-state index contributed by atoms with van der Waals surface area (Å²) < 4.78 is 11.7. The fraction of sp³-hybridized carbons (Fsp3) is 0.172. The molecule has 0 saturated carbocycles. The summed E-state index contributed by atoms with van der Waals surface area (Å²) in [5.74, 6) is -0.613. The molecule has 0 aliphatic carbocycles. The fourth-order valence-corrected chi connectivity index (χ4v) is 5.09. The van der Waals surface area contributed by atoms with Gasteiger partial charge in [-0.05, 0) is 47.9 Å². The Morgan fingerprint density at radius 2 is 1.73 bits per heavy atom. The first-order chi connectivity index (χ1) is 17.9. The predicted molar refractivity (Wildman–Crippen MR) is 145 cm³/mol. The Balaban J connectivity index is 1.60. The Kier molecular flexibility index (Phi) is 6.76. The normalized spacial score (nSPS) is 16.9. The molecule has 4 aromatic rings. The van der Waals surface area contributed by atoms with E-state index < -0.39 is 17.7 Å². The van der Waals surface area contributed by atoms with Crippen molar-refractivity contribution in [3.8, 4) is 11.5 Å². The van der Waals surface area contributed by atoms with Gasteiger partial charge < -0.3 is 24.5 Å². The van der Waals surface area contributed by atoms with Gasteiger partial charge in [-0.1, -0.05) is 52.3 Å². The fourth-order valence-electron chi connectivity index (χ4n) is 4.82. The third-order valence-electron chi connectivity index (χ3n) is 6.68. The topological polar surface area (TPSA) is 91.9 Å². The highest BCUT2D eigenvalue weighted by molar-refractivity contribution is 9.10. The molecule has 1 atom stereocenters. The first-order valence-corrected chi connectivity index (χ1v) is 12.5. The van der Waals surface area contributed by atoms with E-state index in [0.29, 0.717) is 29.0 Å². The minimum atomic E-state index is -0.798. The summed E-state index contributed by atoms with van der Waals surface area (Å²) in [6, 6.07) is 19.3. The van der Waals surface area contributed by atoms with Crippen molar-refractivity contribution in [1.29, 1.82) is 0 Å². The summed E-state index contributed by atoms with van der Waals surface area (Å²) in [5, 5.41) is 12.3. The SMILES string of the molecule is COc1ccc(C2C(=C(O)c3ccc(Br)cc3)C(=O)C(=O)N2CCc2c[nH]c3ccccc23)cc1OC. The van der Waals surface area contributed by atoms with E-state index in [4.69, 9.17) is 9.47 Å². The number of aliphatic hydroxyl groups is 1. The van der Waals surface area contributed by atoms with Gasteiger partial charge in [0.1, 0.15) is 5.76 Å². The predicted octanol–water partition coefficient (Wildman–Crippen LogP) is 5.61. The lowest BCUT2D eigenvalue weighted by atomic mass is 9.95. The molecule has 1 saturated heterocycles. The van der Waals surface area contributed by atoms with Crippen LogP contribution in [0.5, 0.6) is 11.5 Å². The number of carbonyl (C=O) groups is 2. The summed E-state index contributed by atoms with van der Waals surface area (Å²) in [6.45, 7) is 0.280. The molecule has 7 nitrogen and oxygen atoms in total. The number of rotatable bonds is 7. The van der Waals surface area contributed by atoms with E-state index in [9.17, 15) is 14.7 Å². The number of nitrogens with zero attached hydrogens (tertiary/aromatic N) is 1. The van der Waals surface area contributed by atoms with Gasteiger partial charge in [0.15, 0.2) is 11.5 Å².